The van der Waals surface area contributed by atoms with E-state index in [-0.39, 0.29) is 6.61 Å². The molecule has 1 radical (unpaired) electrons. The average molecular weight is 198 g/mol. The Hall–Kier alpha value is -1.67. The van der Waals surface area contributed by atoms with Gasteiger partial charge in [0.25, 0.3) is 0 Å². The maximum absolute atomic E-state index is 9.36. The molecular formula is C13H12NO. The summed E-state index contributed by atoms with van der Waals surface area (Å²) in [5.41, 5.74) is 1.84. The molecule has 0 atom stereocenters. The van der Waals surface area contributed by atoms with E-state index in [0.29, 0.717) is 0 Å². The predicted octanol–water partition coefficient (Wildman–Crippen LogP) is 2.04. The minimum Gasteiger partial charge on any atom is -0.395 e. The summed E-state index contributed by atoms with van der Waals surface area (Å²) >= 11 is 0. The normalized spacial score (nSPS) is 10.5. The summed E-state index contributed by atoms with van der Waals surface area (Å²) in [6, 6.07) is 15.5. The third-order valence-electron chi connectivity index (χ3n) is 2.25. The Morgan fingerprint density at radius 1 is 1.00 bits per heavy atom. The van der Waals surface area contributed by atoms with Gasteiger partial charge in [-0.25, -0.2) is 0 Å². The van der Waals surface area contributed by atoms with E-state index in [1.54, 1.807) is 6.20 Å². The zero-order valence-electron chi connectivity index (χ0n) is 8.30. The molecule has 0 bridgehead atoms. The third kappa shape index (κ3) is 2.22. The molecule has 2 heteroatoms. The second-order valence-electron chi connectivity index (χ2n) is 3.22. The molecule has 0 saturated heterocycles. The number of pyridine rings is 1. The molecule has 0 aliphatic rings. The van der Waals surface area contributed by atoms with Crippen molar-refractivity contribution in [3.8, 4) is 0 Å². The summed E-state index contributed by atoms with van der Waals surface area (Å²) in [5, 5.41) is 9.36. The van der Waals surface area contributed by atoms with Gasteiger partial charge in [-0.3, -0.25) is 4.98 Å². The lowest BCUT2D eigenvalue weighted by atomic mass is 9.96. The van der Waals surface area contributed by atoms with Crippen LogP contribution < -0.4 is 0 Å². The highest BCUT2D eigenvalue weighted by Gasteiger charge is 2.14. The van der Waals surface area contributed by atoms with E-state index in [0.717, 1.165) is 17.2 Å². The van der Waals surface area contributed by atoms with Gasteiger partial charge in [-0.05, 0) is 17.7 Å². The topological polar surface area (TPSA) is 33.1 Å². The van der Waals surface area contributed by atoms with Crippen LogP contribution in [0.25, 0.3) is 0 Å². The fourth-order valence-corrected chi connectivity index (χ4v) is 1.50. The van der Waals surface area contributed by atoms with Crippen LogP contribution in [0.3, 0.4) is 0 Å². The molecule has 1 aromatic heterocycles. The lowest BCUT2D eigenvalue weighted by molar-refractivity contribution is 0.317. The van der Waals surface area contributed by atoms with E-state index in [2.05, 4.69) is 4.98 Å². The van der Waals surface area contributed by atoms with Gasteiger partial charge in [-0.15, -0.1) is 0 Å². The summed E-state index contributed by atoms with van der Waals surface area (Å²) in [4.78, 5) is 4.23. The quantitative estimate of drug-likeness (QED) is 0.818. The predicted molar refractivity (Wildman–Crippen MR) is 59.2 cm³/mol. The van der Waals surface area contributed by atoms with Crippen LogP contribution in [0, 0.1) is 5.92 Å². The van der Waals surface area contributed by atoms with Crippen molar-refractivity contribution >= 4 is 0 Å². The Kier molecular flexibility index (Phi) is 3.10. The number of aromatic nitrogens is 1. The summed E-state index contributed by atoms with van der Waals surface area (Å²) < 4.78 is 0. The Morgan fingerprint density at radius 3 is 2.33 bits per heavy atom. The average Bonchev–Trinajstić information content (AvgIpc) is 2.33. The summed E-state index contributed by atoms with van der Waals surface area (Å²) in [6.07, 6.45) is 1.73. The van der Waals surface area contributed by atoms with Crippen LogP contribution in [0.15, 0.2) is 54.7 Å². The van der Waals surface area contributed by atoms with Crippen molar-refractivity contribution in [1.29, 1.82) is 0 Å². The van der Waals surface area contributed by atoms with Crippen LogP contribution in [0.2, 0.25) is 0 Å². The molecule has 75 valence electrons. The Labute approximate surface area is 89.2 Å². The number of nitrogens with zero attached hydrogens (tertiary/aromatic N) is 1. The SMILES string of the molecule is OC[C](c1ccccc1)c1ccccn1. The van der Waals surface area contributed by atoms with Gasteiger partial charge in [0.15, 0.2) is 0 Å². The third-order valence-corrected chi connectivity index (χ3v) is 2.25. The van der Waals surface area contributed by atoms with Gasteiger partial charge in [-0.2, -0.15) is 0 Å². The van der Waals surface area contributed by atoms with Crippen molar-refractivity contribution in [3.63, 3.8) is 0 Å². The molecule has 15 heavy (non-hydrogen) atoms. The Balaban J connectivity index is 2.34. The van der Waals surface area contributed by atoms with Gasteiger partial charge in [0.1, 0.15) is 0 Å². The summed E-state index contributed by atoms with van der Waals surface area (Å²) in [7, 11) is 0. The number of aliphatic hydroxyl groups excluding tert-OH is 1. The van der Waals surface area contributed by atoms with Gasteiger partial charge in [0.05, 0.1) is 18.2 Å². The minimum atomic E-state index is 0.00102. The molecule has 0 unspecified atom stereocenters. The molecule has 2 rings (SSSR count). The van der Waals surface area contributed by atoms with Crippen LogP contribution in [0.5, 0.6) is 0 Å². The van der Waals surface area contributed by atoms with Crippen LogP contribution >= 0.6 is 0 Å². The van der Waals surface area contributed by atoms with E-state index in [1.165, 1.54) is 0 Å². The Morgan fingerprint density at radius 2 is 1.73 bits per heavy atom. The molecular weight excluding hydrogens is 186 g/mol. The number of hydrogen-bond acceptors (Lipinski definition) is 2. The van der Waals surface area contributed by atoms with E-state index < -0.39 is 0 Å². The van der Waals surface area contributed by atoms with Crippen molar-refractivity contribution < 1.29 is 5.11 Å². The lowest BCUT2D eigenvalue weighted by Gasteiger charge is -2.12. The smallest absolute Gasteiger partial charge is 0.0780 e. The maximum Gasteiger partial charge on any atom is 0.0780 e. The second kappa shape index (κ2) is 4.71. The van der Waals surface area contributed by atoms with Gasteiger partial charge in [0.2, 0.25) is 0 Å². The first kappa shape index (κ1) is 9.87. The van der Waals surface area contributed by atoms with Crippen LogP contribution in [0.4, 0.5) is 0 Å². The standard InChI is InChI=1S/C13H12NO/c15-10-12(11-6-2-1-3-7-11)13-8-4-5-9-14-13/h1-9,15H,10H2. The van der Waals surface area contributed by atoms with Crippen molar-refractivity contribution in [1.82, 2.24) is 4.98 Å². The molecule has 1 N–H and O–H groups in total. The zero-order valence-corrected chi connectivity index (χ0v) is 8.30. The fraction of sp³-hybridized carbons (Fsp3) is 0.0769. The molecule has 2 nitrogen and oxygen atoms in total. The van der Waals surface area contributed by atoms with Gasteiger partial charge in [0, 0.05) is 6.20 Å². The zero-order chi connectivity index (χ0) is 10.5. The van der Waals surface area contributed by atoms with E-state index in [1.807, 2.05) is 48.5 Å². The molecule has 0 aliphatic heterocycles. The molecule has 0 amide bonds. The minimum absolute atomic E-state index is 0.00102. The monoisotopic (exact) mass is 198 g/mol. The van der Waals surface area contributed by atoms with Crippen LogP contribution in [-0.4, -0.2) is 16.7 Å². The maximum atomic E-state index is 9.36. The number of aliphatic hydroxyl groups is 1. The van der Waals surface area contributed by atoms with Crippen molar-refractivity contribution in [3.05, 3.63) is 71.9 Å². The second-order valence-corrected chi connectivity index (χ2v) is 3.22. The molecule has 1 heterocycles. The molecule has 0 aliphatic carbocycles. The Bertz CT molecular complexity index is 360. The summed E-state index contributed by atoms with van der Waals surface area (Å²) in [6.45, 7) is 0.00102. The molecule has 0 fully saturated rings. The number of hydrogen-bond donors (Lipinski definition) is 1. The summed E-state index contributed by atoms with van der Waals surface area (Å²) in [5.74, 6) is 0.858. The van der Waals surface area contributed by atoms with Crippen molar-refractivity contribution in [2.75, 3.05) is 6.61 Å². The van der Waals surface area contributed by atoms with Crippen molar-refractivity contribution in [2.45, 2.75) is 0 Å². The number of benzene rings is 1. The molecule has 0 saturated carbocycles. The van der Waals surface area contributed by atoms with Gasteiger partial charge in [-0.1, -0.05) is 36.4 Å². The van der Waals surface area contributed by atoms with E-state index in [9.17, 15) is 5.11 Å². The lowest BCUT2D eigenvalue weighted by Crippen LogP contribution is -2.08. The van der Waals surface area contributed by atoms with Crippen LogP contribution in [0.1, 0.15) is 11.3 Å². The van der Waals surface area contributed by atoms with E-state index in [4.69, 9.17) is 0 Å². The largest absolute Gasteiger partial charge is 0.395 e. The van der Waals surface area contributed by atoms with E-state index >= 15 is 0 Å². The highest BCUT2D eigenvalue weighted by Crippen LogP contribution is 2.20. The molecule has 0 spiro atoms. The van der Waals surface area contributed by atoms with Crippen molar-refractivity contribution in [2.24, 2.45) is 0 Å². The first-order valence-electron chi connectivity index (χ1n) is 4.85. The number of rotatable bonds is 3. The first-order valence-corrected chi connectivity index (χ1v) is 4.85. The fourth-order valence-electron chi connectivity index (χ4n) is 1.50. The van der Waals surface area contributed by atoms with Crippen LogP contribution in [-0.2, 0) is 0 Å². The first-order chi connectivity index (χ1) is 7.42. The highest BCUT2D eigenvalue weighted by atomic mass is 16.3. The van der Waals surface area contributed by atoms with Gasteiger partial charge >= 0.3 is 0 Å². The molecule has 1 aromatic carbocycles. The highest BCUT2D eigenvalue weighted by molar-refractivity contribution is 5.41. The molecule has 2 aromatic rings. The van der Waals surface area contributed by atoms with Gasteiger partial charge < -0.3 is 5.11 Å².